The molecule has 1 aromatic heterocycles. The third kappa shape index (κ3) is 3.27. The minimum Gasteiger partial charge on any atom is -0.356 e. The Morgan fingerprint density at radius 3 is 2.54 bits per heavy atom. The Bertz CT molecular complexity index is 683. The number of hydrogen-bond acceptors (Lipinski definition) is 3. The smallest absolute Gasteiger partial charge is 0.170 e. The van der Waals surface area contributed by atoms with Gasteiger partial charge in [-0.2, -0.15) is 0 Å². The summed E-state index contributed by atoms with van der Waals surface area (Å²) in [5, 5.41) is 4.17. The highest BCUT2D eigenvalue weighted by Crippen LogP contribution is 2.35. The number of aryl methyl sites for hydroxylation is 2. The molecule has 0 N–H and O–H groups in total. The number of rotatable bonds is 6. The number of fused-ring (bicyclic) bond motifs is 1. The highest BCUT2D eigenvalue weighted by molar-refractivity contribution is 5.67. The Labute approximate surface area is 146 Å². The Kier molecular flexibility index (Phi) is 5.40. The zero-order valence-corrected chi connectivity index (χ0v) is 15.6. The van der Waals surface area contributed by atoms with Crippen molar-refractivity contribution in [2.24, 2.45) is 0 Å². The van der Waals surface area contributed by atoms with Crippen LogP contribution in [0.2, 0.25) is 0 Å². The molecule has 0 saturated heterocycles. The molecule has 1 unspecified atom stereocenters. The van der Waals surface area contributed by atoms with E-state index in [0.29, 0.717) is 6.04 Å². The van der Waals surface area contributed by atoms with E-state index in [-0.39, 0.29) is 0 Å². The summed E-state index contributed by atoms with van der Waals surface area (Å²) in [5.74, 6) is 0.961. The van der Waals surface area contributed by atoms with Crippen molar-refractivity contribution in [2.45, 2.75) is 65.8 Å². The molecule has 3 rings (SSSR count). The average Bonchev–Trinajstić information content (AvgIpc) is 2.93. The lowest BCUT2D eigenvalue weighted by Gasteiger charge is -2.35. The van der Waals surface area contributed by atoms with Crippen molar-refractivity contribution in [1.29, 1.82) is 0 Å². The third-order valence-corrected chi connectivity index (χ3v) is 5.40. The van der Waals surface area contributed by atoms with Crippen LogP contribution in [0.4, 0.5) is 0 Å². The van der Waals surface area contributed by atoms with E-state index < -0.39 is 0 Å². The fourth-order valence-electron chi connectivity index (χ4n) is 4.01. The molecule has 0 saturated carbocycles. The van der Waals surface area contributed by atoms with Crippen molar-refractivity contribution in [2.75, 3.05) is 13.1 Å². The lowest BCUT2D eigenvalue weighted by atomic mass is 9.83. The van der Waals surface area contributed by atoms with E-state index in [1.165, 1.54) is 61.0 Å². The van der Waals surface area contributed by atoms with Gasteiger partial charge >= 0.3 is 0 Å². The molecule has 1 aromatic carbocycles. The quantitative estimate of drug-likeness (QED) is 0.753. The number of aromatic nitrogens is 1. The maximum absolute atomic E-state index is 5.67. The van der Waals surface area contributed by atoms with Crippen molar-refractivity contribution < 1.29 is 4.52 Å². The van der Waals surface area contributed by atoms with Gasteiger partial charge in [-0.1, -0.05) is 37.2 Å². The van der Waals surface area contributed by atoms with Gasteiger partial charge in [-0.05, 0) is 70.2 Å². The predicted octanol–water partition coefficient (Wildman–Crippen LogP) is 4.94. The topological polar surface area (TPSA) is 29.3 Å². The summed E-state index contributed by atoms with van der Waals surface area (Å²) in [6.07, 6.45) is 6.02. The highest BCUT2D eigenvalue weighted by atomic mass is 16.5. The third-order valence-electron chi connectivity index (χ3n) is 5.40. The molecular formula is C21H30N2O. The lowest BCUT2D eigenvalue weighted by Crippen LogP contribution is -2.40. The molecule has 1 aliphatic carbocycles. The Balaban J connectivity index is 1.94. The maximum atomic E-state index is 5.67. The second-order valence-electron chi connectivity index (χ2n) is 7.10. The van der Waals surface area contributed by atoms with Crippen molar-refractivity contribution in [3.8, 4) is 11.3 Å². The Morgan fingerprint density at radius 1 is 1.17 bits per heavy atom. The summed E-state index contributed by atoms with van der Waals surface area (Å²) >= 11 is 0. The van der Waals surface area contributed by atoms with Crippen LogP contribution in [-0.4, -0.2) is 29.2 Å². The summed E-state index contributed by atoms with van der Waals surface area (Å²) in [6.45, 7) is 11.1. The zero-order chi connectivity index (χ0) is 17.1. The fourth-order valence-corrected chi connectivity index (χ4v) is 4.01. The van der Waals surface area contributed by atoms with Gasteiger partial charge < -0.3 is 9.42 Å². The maximum Gasteiger partial charge on any atom is 0.170 e. The van der Waals surface area contributed by atoms with E-state index >= 15 is 0 Å². The molecule has 0 fully saturated rings. The van der Waals surface area contributed by atoms with Crippen molar-refractivity contribution in [3.05, 3.63) is 40.6 Å². The molecule has 1 heterocycles. The van der Waals surface area contributed by atoms with E-state index in [4.69, 9.17) is 4.52 Å². The summed E-state index contributed by atoms with van der Waals surface area (Å²) in [4.78, 5) is 2.69. The van der Waals surface area contributed by atoms with Gasteiger partial charge in [-0.3, -0.25) is 0 Å². The monoisotopic (exact) mass is 326 g/mol. The summed E-state index contributed by atoms with van der Waals surface area (Å²) in [6, 6.07) is 7.32. The van der Waals surface area contributed by atoms with Gasteiger partial charge in [0.05, 0.1) is 5.69 Å². The molecule has 24 heavy (non-hydrogen) atoms. The largest absolute Gasteiger partial charge is 0.356 e. The molecule has 1 atom stereocenters. The summed E-state index contributed by atoms with van der Waals surface area (Å²) in [5.41, 5.74) is 6.39. The van der Waals surface area contributed by atoms with Crippen LogP contribution in [0.25, 0.3) is 11.3 Å². The molecule has 0 amide bonds. The molecule has 130 valence electrons. The van der Waals surface area contributed by atoms with E-state index in [9.17, 15) is 0 Å². The van der Waals surface area contributed by atoms with Gasteiger partial charge in [0.25, 0.3) is 0 Å². The van der Waals surface area contributed by atoms with E-state index in [1.807, 2.05) is 6.92 Å². The van der Waals surface area contributed by atoms with Crippen LogP contribution in [0.1, 0.15) is 55.5 Å². The SMILES string of the molecule is CCCN(CCC)C1CCc2cccc(-c3onc(C)c3C)c2C1. The number of benzene rings is 1. The van der Waals surface area contributed by atoms with Crippen LogP contribution < -0.4 is 0 Å². The first-order valence-electron chi connectivity index (χ1n) is 9.43. The summed E-state index contributed by atoms with van der Waals surface area (Å²) in [7, 11) is 0. The van der Waals surface area contributed by atoms with Gasteiger partial charge in [0, 0.05) is 17.2 Å². The van der Waals surface area contributed by atoms with Crippen LogP contribution in [0.5, 0.6) is 0 Å². The van der Waals surface area contributed by atoms with Gasteiger partial charge in [-0.15, -0.1) is 0 Å². The molecule has 0 bridgehead atoms. The minimum absolute atomic E-state index is 0.655. The van der Waals surface area contributed by atoms with Gasteiger partial charge in [0.15, 0.2) is 5.76 Å². The molecule has 1 aliphatic rings. The van der Waals surface area contributed by atoms with Crippen LogP contribution in [0.3, 0.4) is 0 Å². The van der Waals surface area contributed by atoms with Crippen molar-refractivity contribution >= 4 is 0 Å². The Hall–Kier alpha value is -1.61. The Morgan fingerprint density at radius 2 is 1.92 bits per heavy atom. The zero-order valence-electron chi connectivity index (χ0n) is 15.6. The van der Waals surface area contributed by atoms with E-state index in [1.54, 1.807) is 0 Å². The molecule has 0 aliphatic heterocycles. The second-order valence-corrected chi connectivity index (χ2v) is 7.10. The van der Waals surface area contributed by atoms with Crippen LogP contribution in [0, 0.1) is 13.8 Å². The molecule has 3 nitrogen and oxygen atoms in total. The van der Waals surface area contributed by atoms with Crippen LogP contribution >= 0.6 is 0 Å². The normalized spacial score (nSPS) is 17.3. The first-order valence-corrected chi connectivity index (χ1v) is 9.43. The van der Waals surface area contributed by atoms with Crippen LogP contribution in [0.15, 0.2) is 22.7 Å². The standard InChI is InChI=1S/C21H30N2O/c1-5-12-23(13-6-2)18-11-10-17-8-7-9-19(20(17)14-18)21-15(3)16(4)22-24-21/h7-9,18H,5-6,10-14H2,1-4H3. The lowest BCUT2D eigenvalue weighted by molar-refractivity contribution is 0.180. The van der Waals surface area contributed by atoms with Gasteiger partial charge in [-0.25, -0.2) is 0 Å². The summed E-state index contributed by atoms with van der Waals surface area (Å²) < 4.78 is 5.67. The first kappa shape index (κ1) is 17.2. The molecular weight excluding hydrogens is 296 g/mol. The van der Waals surface area contributed by atoms with E-state index in [2.05, 4.69) is 49.0 Å². The second kappa shape index (κ2) is 7.52. The molecule has 0 spiro atoms. The van der Waals surface area contributed by atoms with Crippen molar-refractivity contribution in [3.63, 3.8) is 0 Å². The first-order chi connectivity index (χ1) is 11.7. The molecule has 3 heteroatoms. The van der Waals surface area contributed by atoms with E-state index in [0.717, 1.165) is 17.9 Å². The minimum atomic E-state index is 0.655. The molecule has 2 aromatic rings. The van der Waals surface area contributed by atoms with Crippen LogP contribution in [-0.2, 0) is 12.8 Å². The highest BCUT2D eigenvalue weighted by Gasteiger charge is 2.27. The van der Waals surface area contributed by atoms with Gasteiger partial charge in [0.1, 0.15) is 0 Å². The van der Waals surface area contributed by atoms with Crippen molar-refractivity contribution in [1.82, 2.24) is 10.1 Å². The average molecular weight is 326 g/mol. The number of hydrogen-bond donors (Lipinski definition) is 0. The van der Waals surface area contributed by atoms with Gasteiger partial charge in [0.2, 0.25) is 0 Å². The predicted molar refractivity (Wildman–Crippen MR) is 99.4 cm³/mol. The fraction of sp³-hybridized carbons (Fsp3) is 0.571. The molecule has 0 radical (unpaired) electrons. The number of nitrogens with zero attached hydrogens (tertiary/aromatic N) is 2.